The van der Waals surface area contributed by atoms with Gasteiger partial charge in [-0.15, -0.1) is 0 Å². The van der Waals surface area contributed by atoms with Gasteiger partial charge in [0.05, 0.1) is 19.6 Å². The number of aromatic amines is 3. The molecule has 0 saturated heterocycles. The van der Waals surface area contributed by atoms with E-state index >= 15 is 0 Å². The Labute approximate surface area is 130 Å². The number of nitrogens with one attached hydrogen (secondary N) is 3. The summed E-state index contributed by atoms with van der Waals surface area (Å²) in [6.45, 7) is 2.60. The largest absolute Gasteiger partial charge is 0.273 e. The highest BCUT2D eigenvalue weighted by Gasteiger charge is 2.16. The minimum absolute atomic E-state index is 0.867. The zero-order valence-corrected chi connectivity index (χ0v) is 12.5. The van der Waals surface area contributed by atoms with E-state index in [0.717, 1.165) is 19.6 Å². The van der Waals surface area contributed by atoms with Gasteiger partial charge in [0.1, 0.15) is 0 Å². The molecule has 22 heavy (non-hydrogen) atoms. The first kappa shape index (κ1) is 14.4. The number of hydrogen-bond donors (Lipinski definition) is 0. The molecule has 0 unspecified atom stereocenters. The second-order valence-electron chi connectivity index (χ2n) is 5.31. The first-order valence-electron chi connectivity index (χ1n) is 7.49. The Balaban J connectivity index is 1.75. The summed E-state index contributed by atoms with van der Waals surface area (Å²) in [5, 5.41) is 0. The second kappa shape index (κ2) is 7.43. The molecule has 4 nitrogen and oxygen atoms in total. The monoisotopic (exact) mass is 293 g/mol. The van der Waals surface area contributed by atoms with Gasteiger partial charge in [0.25, 0.3) is 0 Å². The lowest BCUT2D eigenvalue weighted by Crippen LogP contribution is -2.30. The number of hydrogen-bond acceptors (Lipinski definition) is 1. The van der Waals surface area contributed by atoms with Crippen molar-refractivity contribution in [2.75, 3.05) is 0 Å². The molecule has 0 spiro atoms. The molecule has 110 valence electrons. The van der Waals surface area contributed by atoms with E-state index in [2.05, 4.69) is 56.3 Å². The van der Waals surface area contributed by atoms with Crippen LogP contribution in [-0.4, -0.2) is 4.90 Å². The van der Waals surface area contributed by atoms with Crippen LogP contribution in [0.5, 0.6) is 0 Å². The van der Waals surface area contributed by atoms with Crippen molar-refractivity contribution < 1.29 is 15.0 Å². The number of aromatic nitrogens is 3. The van der Waals surface area contributed by atoms with Crippen LogP contribution in [0.3, 0.4) is 0 Å². The molecule has 0 bridgehead atoms. The molecule has 3 aromatic heterocycles. The van der Waals surface area contributed by atoms with E-state index in [4.69, 9.17) is 0 Å². The third-order valence-electron chi connectivity index (χ3n) is 3.50. The smallest absolute Gasteiger partial charge is 0.193 e. The van der Waals surface area contributed by atoms with Gasteiger partial charge in [0.15, 0.2) is 35.7 Å². The van der Waals surface area contributed by atoms with E-state index in [0.29, 0.717) is 0 Å². The molecule has 3 rings (SSSR count). The van der Waals surface area contributed by atoms with Gasteiger partial charge in [0, 0.05) is 36.4 Å². The molecule has 4 heteroatoms. The SMILES string of the molecule is c1ccc(CN(Cc2cccc[nH+]2)Cc2cccc[nH+]2)[nH+]c1. The van der Waals surface area contributed by atoms with Crippen molar-refractivity contribution in [1.82, 2.24) is 4.90 Å². The van der Waals surface area contributed by atoms with Crippen molar-refractivity contribution in [1.29, 1.82) is 0 Å². The van der Waals surface area contributed by atoms with Gasteiger partial charge in [-0.25, -0.2) is 15.0 Å². The molecule has 0 atom stereocenters. The normalized spacial score (nSPS) is 10.8. The fourth-order valence-electron chi connectivity index (χ4n) is 2.48. The lowest BCUT2D eigenvalue weighted by atomic mass is 10.2. The van der Waals surface area contributed by atoms with E-state index in [9.17, 15) is 0 Å². The van der Waals surface area contributed by atoms with Crippen LogP contribution < -0.4 is 15.0 Å². The highest BCUT2D eigenvalue weighted by Crippen LogP contribution is 2.07. The summed E-state index contributed by atoms with van der Waals surface area (Å²) in [5.41, 5.74) is 3.61. The predicted octanol–water partition coefficient (Wildman–Crippen LogP) is 1.33. The summed E-state index contributed by atoms with van der Waals surface area (Å²) in [4.78, 5) is 12.3. The molecule has 0 saturated carbocycles. The van der Waals surface area contributed by atoms with Crippen molar-refractivity contribution >= 4 is 0 Å². The number of nitrogens with zero attached hydrogens (tertiary/aromatic N) is 1. The third-order valence-corrected chi connectivity index (χ3v) is 3.50. The van der Waals surface area contributed by atoms with Crippen molar-refractivity contribution in [3.05, 3.63) is 90.3 Å². The van der Waals surface area contributed by atoms with Crippen LogP contribution in [-0.2, 0) is 19.6 Å². The van der Waals surface area contributed by atoms with Crippen molar-refractivity contribution in [3.63, 3.8) is 0 Å². The number of rotatable bonds is 6. The molecule has 0 aromatic carbocycles. The maximum Gasteiger partial charge on any atom is 0.193 e. The summed E-state index contributed by atoms with van der Waals surface area (Å²) in [6.07, 6.45) is 5.91. The molecular formula is C18H21N4+3. The first-order chi connectivity index (χ1) is 10.9. The zero-order valence-electron chi connectivity index (χ0n) is 12.5. The minimum atomic E-state index is 0.867. The van der Waals surface area contributed by atoms with Gasteiger partial charge < -0.3 is 0 Å². The molecular weight excluding hydrogens is 272 g/mol. The Hall–Kier alpha value is -2.59. The molecule has 3 heterocycles. The van der Waals surface area contributed by atoms with Crippen LogP contribution in [0, 0.1) is 0 Å². The van der Waals surface area contributed by atoms with E-state index in [1.54, 1.807) is 0 Å². The average Bonchev–Trinajstić information content (AvgIpc) is 2.57. The van der Waals surface area contributed by atoms with Gasteiger partial charge in [-0.2, -0.15) is 0 Å². The highest BCUT2D eigenvalue weighted by molar-refractivity contribution is 5.01. The lowest BCUT2D eigenvalue weighted by Gasteiger charge is -2.16. The maximum absolute atomic E-state index is 3.31. The van der Waals surface area contributed by atoms with Crippen LogP contribution in [0.25, 0.3) is 0 Å². The lowest BCUT2D eigenvalue weighted by molar-refractivity contribution is -0.403. The average molecular weight is 293 g/mol. The summed E-state index contributed by atoms with van der Waals surface area (Å²) in [5.74, 6) is 0. The fraction of sp³-hybridized carbons (Fsp3) is 0.167. The molecule has 0 fully saturated rings. The second-order valence-corrected chi connectivity index (χ2v) is 5.31. The number of pyridine rings is 3. The molecule has 0 aliphatic rings. The van der Waals surface area contributed by atoms with Gasteiger partial charge in [-0.3, -0.25) is 4.90 Å². The van der Waals surface area contributed by atoms with Crippen molar-refractivity contribution in [3.8, 4) is 0 Å². The molecule has 3 aromatic rings. The van der Waals surface area contributed by atoms with E-state index in [1.165, 1.54) is 17.1 Å². The van der Waals surface area contributed by atoms with Crippen LogP contribution in [0.15, 0.2) is 73.2 Å². The predicted molar refractivity (Wildman–Crippen MR) is 81.9 cm³/mol. The Morgan fingerprint density at radius 3 is 1.18 bits per heavy atom. The van der Waals surface area contributed by atoms with Crippen LogP contribution in [0.1, 0.15) is 17.1 Å². The van der Waals surface area contributed by atoms with Crippen molar-refractivity contribution in [2.45, 2.75) is 19.6 Å². The first-order valence-corrected chi connectivity index (χ1v) is 7.49. The molecule has 0 amide bonds. The van der Waals surface area contributed by atoms with Crippen LogP contribution in [0.2, 0.25) is 0 Å². The minimum Gasteiger partial charge on any atom is -0.273 e. The Kier molecular flexibility index (Phi) is 4.85. The molecule has 3 N–H and O–H groups in total. The quantitative estimate of drug-likeness (QED) is 0.676. The standard InChI is InChI=1S/C18H18N4/c1-4-10-19-16(7-1)13-22(14-17-8-2-5-11-20-17)15-18-9-3-6-12-21-18/h1-12H,13-15H2/p+3. The Morgan fingerprint density at radius 1 is 0.545 bits per heavy atom. The van der Waals surface area contributed by atoms with E-state index in [1.807, 2.05) is 36.8 Å². The van der Waals surface area contributed by atoms with Crippen LogP contribution >= 0.6 is 0 Å². The van der Waals surface area contributed by atoms with E-state index in [-0.39, 0.29) is 0 Å². The highest BCUT2D eigenvalue weighted by atomic mass is 15.1. The zero-order chi connectivity index (χ0) is 15.0. The van der Waals surface area contributed by atoms with Gasteiger partial charge in [-0.05, 0) is 0 Å². The summed E-state index contributed by atoms with van der Waals surface area (Å²) in [7, 11) is 0. The molecule has 0 aliphatic carbocycles. The van der Waals surface area contributed by atoms with Gasteiger partial charge >= 0.3 is 0 Å². The third kappa shape index (κ3) is 4.20. The van der Waals surface area contributed by atoms with Gasteiger partial charge in [0.2, 0.25) is 0 Å². The summed E-state index contributed by atoms with van der Waals surface area (Å²) < 4.78 is 0. The summed E-state index contributed by atoms with van der Waals surface area (Å²) in [6, 6.07) is 18.6. The Morgan fingerprint density at radius 2 is 0.909 bits per heavy atom. The number of H-pyrrole nitrogens is 3. The molecule has 0 radical (unpaired) electrons. The summed E-state index contributed by atoms with van der Waals surface area (Å²) >= 11 is 0. The molecule has 0 aliphatic heterocycles. The van der Waals surface area contributed by atoms with Crippen molar-refractivity contribution in [2.24, 2.45) is 0 Å². The Bertz CT molecular complexity index is 573. The topological polar surface area (TPSA) is 45.7 Å². The fourth-order valence-corrected chi connectivity index (χ4v) is 2.48. The van der Waals surface area contributed by atoms with E-state index < -0.39 is 0 Å². The maximum atomic E-state index is 3.31. The van der Waals surface area contributed by atoms with Crippen LogP contribution in [0.4, 0.5) is 0 Å². The van der Waals surface area contributed by atoms with Gasteiger partial charge in [-0.1, -0.05) is 18.2 Å².